The lowest BCUT2D eigenvalue weighted by Gasteiger charge is -2.19. The fourth-order valence-corrected chi connectivity index (χ4v) is 2.03. The number of rotatable bonds is 1. The summed E-state index contributed by atoms with van der Waals surface area (Å²) in [5, 5.41) is 3.47. The van der Waals surface area contributed by atoms with Crippen LogP contribution < -0.4 is 5.32 Å². The largest absolute Gasteiger partial charge is 0.358 e. The van der Waals surface area contributed by atoms with Crippen LogP contribution in [0.3, 0.4) is 0 Å². The quantitative estimate of drug-likeness (QED) is 0.724. The Morgan fingerprint density at radius 2 is 1.93 bits per heavy atom. The van der Waals surface area contributed by atoms with E-state index in [9.17, 15) is 0 Å². The maximum absolute atomic E-state index is 3.47. The average molecular weight is 199 g/mol. The molecule has 1 aromatic carbocycles. The summed E-state index contributed by atoms with van der Waals surface area (Å²) in [6, 6.07) is 8.49. The molecule has 0 amide bonds. The number of fused-ring (bicyclic) bond motifs is 1. The molecule has 1 heteroatoms. The predicted octanol–water partition coefficient (Wildman–Crippen LogP) is 3.85. The van der Waals surface area contributed by atoms with Crippen molar-refractivity contribution < 1.29 is 0 Å². The van der Waals surface area contributed by atoms with Crippen molar-refractivity contribution in [1.29, 1.82) is 0 Å². The Bertz CT molecular complexity index is 425. The Morgan fingerprint density at radius 3 is 2.60 bits per heavy atom. The minimum Gasteiger partial charge on any atom is -0.358 e. The van der Waals surface area contributed by atoms with Gasteiger partial charge in [0, 0.05) is 16.8 Å². The van der Waals surface area contributed by atoms with Crippen molar-refractivity contribution in [3.63, 3.8) is 0 Å². The van der Waals surface area contributed by atoms with E-state index in [1.54, 1.807) is 0 Å². The summed E-state index contributed by atoms with van der Waals surface area (Å²) >= 11 is 0. The van der Waals surface area contributed by atoms with Gasteiger partial charge >= 0.3 is 0 Å². The van der Waals surface area contributed by atoms with Crippen LogP contribution in [0.25, 0.3) is 0 Å². The van der Waals surface area contributed by atoms with E-state index in [1.165, 1.54) is 16.9 Å². The van der Waals surface area contributed by atoms with E-state index in [-0.39, 0.29) is 5.41 Å². The van der Waals surface area contributed by atoms with E-state index in [0.29, 0.717) is 0 Å². The van der Waals surface area contributed by atoms with Crippen LogP contribution in [0.2, 0.25) is 0 Å². The smallest absolute Gasteiger partial charge is 0.0424 e. The van der Waals surface area contributed by atoms with Crippen LogP contribution in [0.4, 0.5) is 5.69 Å². The van der Waals surface area contributed by atoms with Gasteiger partial charge in [-0.3, -0.25) is 0 Å². The van der Waals surface area contributed by atoms with Crippen LogP contribution in [0.5, 0.6) is 0 Å². The van der Waals surface area contributed by atoms with Gasteiger partial charge in [-0.05, 0) is 24.6 Å². The fraction of sp³-hybridized carbons (Fsp3) is 0.286. The van der Waals surface area contributed by atoms with Crippen LogP contribution in [-0.2, 0) is 5.41 Å². The molecule has 15 heavy (non-hydrogen) atoms. The maximum atomic E-state index is 3.47. The first-order valence-corrected chi connectivity index (χ1v) is 5.36. The Labute approximate surface area is 91.5 Å². The van der Waals surface area contributed by atoms with Gasteiger partial charge < -0.3 is 5.32 Å². The SMILES string of the molecule is C/C=C/C=C1\Nc2ccccc2C1(C)C. The molecule has 0 spiro atoms. The molecular weight excluding hydrogens is 182 g/mol. The molecule has 0 fully saturated rings. The second-order valence-corrected chi connectivity index (χ2v) is 4.40. The van der Waals surface area contributed by atoms with Gasteiger partial charge in [0.2, 0.25) is 0 Å². The summed E-state index contributed by atoms with van der Waals surface area (Å²) in [6.45, 7) is 6.54. The van der Waals surface area contributed by atoms with Gasteiger partial charge in [-0.2, -0.15) is 0 Å². The topological polar surface area (TPSA) is 12.0 Å². The highest BCUT2D eigenvalue weighted by atomic mass is 14.9. The molecule has 0 aromatic heterocycles. The second-order valence-electron chi connectivity index (χ2n) is 4.40. The van der Waals surface area contributed by atoms with Crippen LogP contribution in [-0.4, -0.2) is 0 Å². The lowest BCUT2D eigenvalue weighted by molar-refractivity contribution is 0.654. The zero-order valence-electron chi connectivity index (χ0n) is 9.54. The molecule has 0 saturated carbocycles. The first-order chi connectivity index (χ1) is 7.16. The van der Waals surface area contributed by atoms with Gasteiger partial charge in [-0.15, -0.1) is 0 Å². The lowest BCUT2D eigenvalue weighted by atomic mass is 9.84. The van der Waals surface area contributed by atoms with Crippen molar-refractivity contribution in [1.82, 2.24) is 0 Å². The molecule has 2 rings (SSSR count). The zero-order chi connectivity index (χ0) is 10.9. The number of anilines is 1. The molecule has 0 unspecified atom stereocenters. The minimum absolute atomic E-state index is 0.0934. The van der Waals surface area contributed by atoms with Crippen molar-refractivity contribution in [3.8, 4) is 0 Å². The van der Waals surface area contributed by atoms with Gasteiger partial charge in [0.25, 0.3) is 0 Å². The molecule has 1 N–H and O–H groups in total. The van der Waals surface area contributed by atoms with Crippen molar-refractivity contribution >= 4 is 5.69 Å². The van der Waals surface area contributed by atoms with E-state index in [1.807, 2.05) is 13.0 Å². The molecular formula is C14H17N. The van der Waals surface area contributed by atoms with Crippen LogP contribution in [0.15, 0.2) is 48.2 Å². The van der Waals surface area contributed by atoms with E-state index in [2.05, 4.69) is 55.6 Å². The number of para-hydroxylation sites is 1. The monoisotopic (exact) mass is 199 g/mol. The molecule has 78 valence electrons. The second kappa shape index (κ2) is 3.58. The third kappa shape index (κ3) is 1.58. The van der Waals surface area contributed by atoms with Crippen molar-refractivity contribution in [2.45, 2.75) is 26.2 Å². The Morgan fingerprint density at radius 1 is 1.20 bits per heavy atom. The predicted molar refractivity (Wildman–Crippen MR) is 66.0 cm³/mol. The molecule has 1 aromatic rings. The third-order valence-electron chi connectivity index (χ3n) is 3.00. The highest BCUT2D eigenvalue weighted by Gasteiger charge is 2.33. The fourth-order valence-electron chi connectivity index (χ4n) is 2.03. The van der Waals surface area contributed by atoms with Gasteiger partial charge in [0.15, 0.2) is 0 Å². The van der Waals surface area contributed by atoms with E-state index in [0.717, 1.165) is 0 Å². The van der Waals surface area contributed by atoms with Gasteiger partial charge in [-0.1, -0.05) is 44.2 Å². The normalized spacial score (nSPS) is 20.6. The van der Waals surface area contributed by atoms with E-state index >= 15 is 0 Å². The zero-order valence-corrected chi connectivity index (χ0v) is 9.54. The highest BCUT2D eigenvalue weighted by Crippen LogP contribution is 2.42. The molecule has 1 heterocycles. The minimum atomic E-state index is 0.0934. The molecule has 1 nitrogen and oxygen atoms in total. The van der Waals surface area contributed by atoms with Crippen LogP contribution in [0.1, 0.15) is 26.3 Å². The molecule has 1 aliphatic rings. The van der Waals surface area contributed by atoms with Crippen molar-refractivity contribution in [2.24, 2.45) is 0 Å². The number of nitrogens with one attached hydrogen (secondary N) is 1. The number of benzene rings is 1. The Hall–Kier alpha value is -1.50. The number of hydrogen-bond acceptors (Lipinski definition) is 1. The third-order valence-corrected chi connectivity index (χ3v) is 3.00. The first kappa shape index (κ1) is 10.0. The molecule has 0 aliphatic carbocycles. The maximum Gasteiger partial charge on any atom is 0.0424 e. The van der Waals surface area contributed by atoms with Crippen molar-refractivity contribution in [2.75, 3.05) is 5.32 Å². The first-order valence-electron chi connectivity index (χ1n) is 5.36. The molecule has 1 aliphatic heterocycles. The average Bonchev–Trinajstić information content (AvgIpc) is 2.48. The summed E-state index contributed by atoms with van der Waals surface area (Å²) in [5.74, 6) is 0. The van der Waals surface area contributed by atoms with E-state index in [4.69, 9.17) is 0 Å². The summed E-state index contributed by atoms with van der Waals surface area (Å²) in [7, 11) is 0. The molecule has 0 bridgehead atoms. The standard InChI is InChI=1S/C14H17N/c1-4-5-10-13-14(2,3)11-8-6-7-9-12(11)15-13/h4-10,15H,1-3H3/b5-4+,13-10-. The van der Waals surface area contributed by atoms with Gasteiger partial charge in [-0.25, -0.2) is 0 Å². The Balaban J connectivity index is 2.47. The molecule has 0 atom stereocenters. The lowest BCUT2D eigenvalue weighted by Crippen LogP contribution is -2.16. The van der Waals surface area contributed by atoms with Gasteiger partial charge in [0.1, 0.15) is 0 Å². The van der Waals surface area contributed by atoms with Crippen LogP contribution in [0, 0.1) is 0 Å². The van der Waals surface area contributed by atoms with Crippen molar-refractivity contribution in [3.05, 3.63) is 53.8 Å². The van der Waals surface area contributed by atoms with E-state index < -0.39 is 0 Å². The summed E-state index contributed by atoms with van der Waals surface area (Å²) in [5.41, 5.74) is 3.97. The number of hydrogen-bond donors (Lipinski definition) is 1. The summed E-state index contributed by atoms with van der Waals surface area (Å²) in [4.78, 5) is 0. The van der Waals surface area contributed by atoms with Crippen LogP contribution >= 0.6 is 0 Å². The number of allylic oxidation sites excluding steroid dienone is 4. The molecule has 0 saturated heterocycles. The summed E-state index contributed by atoms with van der Waals surface area (Å²) < 4.78 is 0. The summed E-state index contributed by atoms with van der Waals surface area (Å²) in [6.07, 6.45) is 6.28. The van der Waals surface area contributed by atoms with Gasteiger partial charge in [0.05, 0.1) is 0 Å². The Kier molecular flexibility index (Phi) is 2.39. The highest BCUT2D eigenvalue weighted by molar-refractivity contribution is 5.67. The molecule has 0 radical (unpaired) electrons.